The number of pyridine rings is 1. The first-order chi connectivity index (χ1) is 10.3. The van der Waals surface area contributed by atoms with E-state index in [1.807, 2.05) is 12.1 Å². The van der Waals surface area contributed by atoms with Crippen LogP contribution in [0.15, 0.2) is 42.7 Å². The average molecular weight is 279 g/mol. The van der Waals surface area contributed by atoms with Crippen LogP contribution in [-0.2, 0) is 6.54 Å². The summed E-state index contributed by atoms with van der Waals surface area (Å²) in [5, 5.41) is 9.44. The fourth-order valence-corrected chi connectivity index (χ4v) is 2.59. The van der Waals surface area contributed by atoms with Gasteiger partial charge >= 0.3 is 0 Å². The van der Waals surface area contributed by atoms with Crippen molar-refractivity contribution < 1.29 is 9.53 Å². The van der Waals surface area contributed by atoms with Crippen LogP contribution in [-0.4, -0.2) is 22.9 Å². The smallest absolute Gasteiger partial charge is 0.259 e. The van der Waals surface area contributed by atoms with Crippen LogP contribution in [0, 0.1) is 11.3 Å². The molecule has 2 heterocycles. The molecule has 1 aromatic heterocycles. The molecule has 5 nitrogen and oxygen atoms in total. The largest absolute Gasteiger partial charge is 0.496 e. The van der Waals surface area contributed by atoms with Gasteiger partial charge < -0.3 is 9.64 Å². The number of rotatable bonds is 3. The van der Waals surface area contributed by atoms with E-state index in [4.69, 9.17) is 4.74 Å². The number of benzene rings is 1. The van der Waals surface area contributed by atoms with E-state index in [0.29, 0.717) is 23.4 Å². The van der Waals surface area contributed by atoms with Crippen LogP contribution >= 0.6 is 0 Å². The highest BCUT2D eigenvalue weighted by molar-refractivity contribution is 6.02. The van der Waals surface area contributed by atoms with Gasteiger partial charge in [-0.2, -0.15) is 5.26 Å². The molecule has 0 spiro atoms. The molecule has 21 heavy (non-hydrogen) atoms. The van der Waals surface area contributed by atoms with Gasteiger partial charge in [-0.3, -0.25) is 9.78 Å². The second-order valence-electron chi connectivity index (χ2n) is 4.75. The number of amides is 1. The van der Waals surface area contributed by atoms with E-state index in [0.717, 1.165) is 5.56 Å². The Morgan fingerprint density at radius 2 is 2.24 bits per heavy atom. The van der Waals surface area contributed by atoms with Gasteiger partial charge in [0.1, 0.15) is 11.8 Å². The number of carbonyl (C=O) groups excluding carboxylic acids is 1. The predicted octanol–water partition coefficient (Wildman–Crippen LogP) is 2.31. The first kappa shape index (κ1) is 13.1. The normalized spacial score (nSPS) is 16.5. The van der Waals surface area contributed by atoms with Crippen LogP contribution in [0.2, 0.25) is 0 Å². The third kappa shape index (κ3) is 2.11. The first-order valence-corrected chi connectivity index (χ1v) is 6.52. The molecule has 5 heteroatoms. The molecule has 0 aliphatic carbocycles. The topological polar surface area (TPSA) is 66.2 Å². The lowest BCUT2D eigenvalue weighted by molar-refractivity contribution is 0.0742. The fourth-order valence-electron chi connectivity index (χ4n) is 2.59. The summed E-state index contributed by atoms with van der Waals surface area (Å²) >= 11 is 0. The lowest BCUT2D eigenvalue weighted by Crippen LogP contribution is -2.27. The number of methoxy groups -OCH3 is 1. The molecule has 1 aromatic carbocycles. The molecule has 0 saturated heterocycles. The molecule has 0 fully saturated rings. The highest BCUT2D eigenvalue weighted by Crippen LogP contribution is 2.38. The van der Waals surface area contributed by atoms with Gasteiger partial charge in [-0.25, -0.2) is 0 Å². The molecule has 0 saturated carbocycles. The van der Waals surface area contributed by atoms with Crippen LogP contribution < -0.4 is 4.74 Å². The van der Waals surface area contributed by atoms with Crippen LogP contribution in [0.1, 0.15) is 27.5 Å². The van der Waals surface area contributed by atoms with Crippen molar-refractivity contribution in [1.82, 2.24) is 9.88 Å². The monoisotopic (exact) mass is 279 g/mol. The van der Waals surface area contributed by atoms with Gasteiger partial charge in [0.15, 0.2) is 0 Å². The number of carbonyl (C=O) groups is 1. The maximum absolute atomic E-state index is 12.6. The number of nitrogens with zero attached hydrogens (tertiary/aromatic N) is 3. The summed E-state index contributed by atoms with van der Waals surface area (Å²) in [6.45, 7) is 0.350. The lowest BCUT2D eigenvalue weighted by Gasteiger charge is -2.19. The van der Waals surface area contributed by atoms with Crippen molar-refractivity contribution in [3.63, 3.8) is 0 Å². The Bertz CT molecular complexity index is 722. The Morgan fingerprint density at radius 3 is 2.90 bits per heavy atom. The Labute approximate surface area is 122 Å². The molecule has 2 aromatic rings. The SMILES string of the molecule is COc1cccc2c1C(=O)N(Cc1cccnc1)C2C#N. The van der Waals surface area contributed by atoms with Gasteiger partial charge in [0.2, 0.25) is 0 Å². The van der Waals surface area contributed by atoms with E-state index in [-0.39, 0.29) is 5.91 Å². The third-order valence-electron chi connectivity index (χ3n) is 3.56. The maximum Gasteiger partial charge on any atom is 0.259 e. The molecule has 1 unspecified atom stereocenters. The van der Waals surface area contributed by atoms with Crippen LogP contribution in [0.25, 0.3) is 0 Å². The zero-order chi connectivity index (χ0) is 14.8. The lowest BCUT2D eigenvalue weighted by atomic mass is 10.0. The highest BCUT2D eigenvalue weighted by atomic mass is 16.5. The molecule has 1 atom stereocenters. The summed E-state index contributed by atoms with van der Waals surface area (Å²) in [4.78, 5) is 18.2. The minimum absolute atomic E-state index is 0.183. The second-order valence-corrected chi connectivity index (χ2v) is 4.75. The van der Waals surface area contributed by atoms with Gasteiger partial charge in [-0.15, -0.1) is 0 Å². The molecule has 3 rings (SSSR count). The highest BCUT2D eigenvalue weighted by Gasteiger charge is 2.39. The fraction of sp³-hybridized carbons (Fsp3) is 0.188. The molecule has 104 valence electrons. The summed E-state index contributed by atoms with van der Waals surface area (Å²) in [5.74, 6) is 0.323. The number of ether oxygens (including phenoxy) is 1. The van der Waals surface area contributed by atoms with E-state index >= 15 is 0 Å². The van der Waals surface area contributed by atoms with E-state index in [2.05, 4.69) is 11.1 Å². The van der Waals surface area contributed by atoms with E-state index < -0.39 is 6.04 Å². The quantitative estimate of drug-likeness (QED) is 0.864. The summed E-state index contributed by atoms with van der Waals surface area (Å²) in [7, 11) is 1.52. The number of aromatic nitrogens is 1. The van der Waals surface area contributed by atoms with Crippen molar-refractivity contribution >= 4 is 5.91 Å². The van der Waals surface area contributed by atoms with Gasteiger partial charge in [-0.1, -0.05) is 18.2 Å². The summed E-state index contributed by atoms with van der Waals surface area (Å²) in [6, 6.07) is 10.6. The predicted molar refractivity (Wildman–Crippen MR) is 75.5 cm³/mol. The Balaban J connectivity index is 2.01. The molecule has 0 radical (unpaired) electrons. The molecular weight excluding hydrogens is 266 g/mol. The zero-order valence-corrected chi connectivity index (χ0v) is 11.5. The molecule has 0 bridgehead atoms. The molecule has 1 aliphatic rings. The van der Waals surface area contributed by atoms with Gasteiger partial charge in [0.25, 0.3) is 5.91 Å². The molecule has 1 aliphatic heterocycles. The first-order valence-electron chi connectivity index (χ1n) is 6.52. The number of nitriles is 1. The van der Waals surface area contributed by atoms with Crippen molar-refractivity contribution in [2.45, 2.75) is 12.6 Å². The Hall–Kier alpha value is -2.87. The van der Waals surface area contributed by atoms with Crippen LogP contribution in [0.3, 0.4) is 0 Å². The summed E-state index contributed by atoms with van der Waals surface area (Å²) < 4.78 is 5.25. The van der Waals surface area contributed by atoms with Gasteiger partial charge in [0, 0.05) is 24.5 Å². The van der Waals surface area contributed by atoms with Crippen molar-refractivity contribution in [1.29, 1.82) is 5.26 Å². The molecule has 0 N–H and O–H groups in total. The van der Waals surface area contributed by atoms with Crippen molar-refractivity contribution in [3.8, 4) is 11.8 Å². The standard InChI is InChI=1S/C16H13N3O2/c1-21-14-6-2-5-12-13(8-17)19(16(20)15(12)14)10-11-4-3-7-18-9-11/h2-7,9,13H,10H2,1H3. The van der Waals surface area contributed by atoms with Crippen LogP contribution in [0.5, 0.6) is 5.75 Å². The maximum atomic E-state index is 12.6. The van der Waals surface area contributed by atoms with Crippen molar-refractivity contribution in [2.75, 3.05) is 7.11 Å². The van der Waals surface area contributed by atoms with E-state index in [1.54, 1.807) is 35.5 Å². The van der Waals surface area contributed by atoms with Crippen LogP contribution in [0.4, 0.5) is 0 Å². The Morgan fingerprint density at radius 1 is 1.38 bits per heavy atom. The average Bonchev–Trinajstić information content (AvgIpc) is 2.80. The number of fused-ring (bicyclic) bond motifs is 1. The number of hydrogen-bond donors (Lipinski definition) is 0. The van der Waals surface area contributed by atoms with Crippen molar-refractivity contribution in [2.24, 2.45) is 0 Å². The van der Waals surface area contributed by atoms with Crippen molar-refractivity contribution in [3.05, 3.63) is 59.4 Å². The minimum Gasteiger partial charge on any atom is -0.496 e. The van der Waals surface area contributed by atoms with E-state index in [1.165, 1.54) is 7.11 Å². The second kappa shape index (κ2) is 5.25. The molecular formula is C16H13N3O2. The minimum atomic E-state index is -0.595. The zero-order valence-electron chi connectivity index (χ0n) is 11.5. The third-order valence-corrected chi connectivity index (χ3v) is 3.56. The van der Waals surface area contributed by atoms with Gasteiger partial charge in [0.05, 0.1) is 18.7 Å². The van der Waals surface area contributed by atoms with E-state index in [9.17, 15) is 10.1 Å². The number of hydrogen-bond acceptors (Lipinski definition) is 4. The summed E-state index contributed by atoms with van der Waals surface area (Å²) in [5.41, 5.74) is 2.07. The van der Waals surface area contributed by atoms with Gasteiger partial charge in [-0.05, 0) is 17.7 Å². The summed E-state index contributed by atoms with van der Waals surface area (Å²) in [6.07, 6.45) is 3.37. The molecule has 1 amide bonds. The Kier molecular flexibility index (Phi) is 3.28.